The molecule has 2 amide bonds. The summed E-state index contributed by atoms with van der Waals surface area (Å²) in [5.41, 5.74) is 1.16. The Labute approximate surface area is 129 Å². The third-order valence-electron chi connectivity index (χ3n) is 4.22. The van der Waals surface area contributed by atoms with E-state index >= 15 is 0 Å². The van der Waals surface area contributed by atoms with Gasteiger partial charge in [-0.2, -0.15) is 0 Å². The molecule has 0 saturated heterocycles. The Hall–Kier alpha value is -2.72. The second kappa shape index (κ2) is 3.93. The van der Waals surface area contributed by atoms with Gasteiger partial charge in [-0.25, -0.2) is 0 Å². The first-order valence-electron chi connectivity index (χ1n) is 6.97. The van der Waals surface area contributed by atoms with Crippen LogP contribution >= 0.6 is 11.3 Å². The molecule has 3 aromatic carbocycles. The molecule has 0 spiro atoms. The number of carbonyl (C=O) groups excluding carboxylic acids is 2. The molecule has 0 unspecified atom stereocenters. The molecule has 0 fully saturated rings. The maximum absolute atomic E-state index is 12.3. The normalized spacial score (nSPS) is 14.0. The molecule has 22 heavy (non-hydrogen) atoms. The van der Waals surface area contributed by atoms with E-state index in [-0.39, 0.29) is 11.8 Å². The number of carbonyl (C=O) groups is 2. The first kappa shape index (κ1) is 11.9. The molecule has 3 nitrogen and oxygen atoms in total. The predicted octanol–water partition coefficient (Wildman–Crippen LogP) is 4.09. The van der Waals surface area contributed by atoms with Gasteiger partial charge in [0.2, 0.25) is 0 Å². The molecule has 1 aliphatic heterocycles. The van der Waals surface area contributed by atoms with Crippen LogP contribution < -0.4 is 5.32 Å². The Morgan fingerprint density at radius 2 is 1.55 bits per heavy atom. The number of nitrogens with one attached hydrogen (secondary N) is 1. The van der Waals surface area contributed by atoms with E-state index in [0.717, 1.165) is 26.2 Å². The first-order chi connectivity index (χ1) is 10.7. The van der Waals surface area contributed by atoms with Crippen molar-refractivity contribution in [3.8, 4) is 0 Å². The van der Waals surface area contributed by atoms with Crippen LogP contribution in [0.4, 0.5) is 0 Å². The van der Waals surface area contributed by atoms with Crippen molar-refractivity contribution in [2.24, 2.45) is 0 Å². The molecule has 1 aliphatic rings. The summed E-state index contributed by atoms with van der Waals surface area (Å²) in [5.74, 6) is -0.630. The lowest BCUT2D eigenvalue weighted by molar-refractivity contribution is 0.0845. The van der Waals surface area contributed by atoms with E-state index in [1.54, 1.807) is 17.4 Å². The maximum Gasteiger partial charge on any atom is 0.258 e. The van der Waals surface area contributed by atoms with Gasteiger partial charge in [0.15, 0.2) is 0 Å². The quantitative estimate of drug-likeness (QED) is 0.497. The summed E-state index contributed by atoms with van der Waals surface area (Å²) in [5, 5.41) is 6.40. The minimum atomic E-state index is -0.316. The van der Waals surface area contributed by atoms with Crippen LogP contribution in [-0.4, -0.2) is 11.8 Å². The van der Waals surface area contributed by atoms with Crippen LogP contribution in [0.1, 0.15) is 20.7 Å². The predicted molar refractivity (Wildman–Crippen MR) is 88.6 cm³/mol. The van der Waals surface area contributed by atoms with Gasteiger partial charge in [0.25, 0.3) is 11.8 Å². The molecule has 5 rings (SSSR count). The summed E-state index contributed by atoms with van der Waals surface area (Å²) >= 11 is 1.70. The topological polar surface area (TPSA) is 46.2 Å². The molecule has 4 heteroatoms. The second-order valence-corrected chi connectivity index (χ2v) is 6.46. The lowest BCUT2D eigenvalue weighted by atomic mass is 9.93. The molecular weight excluding hydrogens is 294 g/mol. The zero-order chi connectivity index (χ0) is 14.8. The fraction of sp³-hybridized carbons (Fsp3) is 0. The van der Waals surface area contributed by atoms with Gasteiger partial charge in [-0.3, -0.25) is 14.9 Å². The highest BCUT2D eigenvalue weighted by molar-refractivity contribution is 7.26. The van der Waals surface area contributed by atoms with Crippen molar-refractivity contribution in [1.29, 1.82) is 0 Å². The molecule has 1 aromatic heterocycles. The highest BCUT2D eigenvalue weighted by Crippen LogP contribution is 2.41. The third-order valence-corrected chi connectivity index (χ3v) is 5.44. The van der Waals surface area contributed by atoms with Crippen LogP contribution in [0.2, 0.25) is 0 Å². The monoisotopic (exact) mass is 303 g/mol. The number of benzene rings is 3. The van der Waals surface area contributed by atoms with Crippen LogP contribution in [0.3, 0.4) is 0 Å². The average Bonchev–Trinajstić information content (AvgIpc) is 2.91. The van der Waals surface area contributed by atoms with Gasteiger partial charge in [0.1, 0.15) is 0 Å². The molecule has 0 saturated carbocycles. The summed E-state index contributed by atoms with van der Waals surface area (Å²) in [7, 11) is 0. The van der Waals surface area contributed by atoms with Gasteiger partial charge in [-0.05, 0) is 18.2 Å². The molecule has 0 radical (unpaired) electrons. The van der Waals surface area contributed by atoms with Gasteiger partial charge in [0, 0.05) is 42.1 Å². The average molecular weight is 303 g/mol. The van der Waals surface area contributed by atoms with Crippen molar-refractivity contribution in [2.45, 2.75) is 0 Å². The van der Waals surface area contributed by atoms with E-state index in [0.29, 0.717) is 11.1 Å². The minimum absolute atomic E-state index is 0.314. The Kier molecular flexibility index (Phi) is 2.12. The van der Waals surface area contributed by atoms with Crippen LogP contribution in [0.15, 0.2) is 48.5 Å². The lowest BCUT2D eigenvalue weighted by Crippen LogP contribution is -2.34. The van der Waals surface area contributed by atoms with Gasteiger partial charge in [-0.1, -0.05) is 30.3 Å². The van der Waals surface area contributed by atoms with E-state index in [9.17, 15) is 9.59 Å². The summed E-state index contributed by atoms with van der Waals surface area (Å²) in [6.07, 6.45) is 0. The summed E-state index contributed by atoms with van der Waals surface area (Å²) in [6.45, 7) is 0. The first-order valence-corrected chi connectivity index (χ1v) is 7.78. The van der Waals surface area contributed by atoms with Crippen molar-refractivity contribution in [3.63, 3.8) is 0 Å². The fourth-order valence-corrected chi connectivity index (χ4v) is 4.48. The Bertz CT molecular complexity index is 1140. The molecule has 1 N–H and O–H groups in total. The Morgan fingerprint density at radius 1 is 0.773 bits per heavy atom. The van der Waals surface area contributed by atoms with Gasteiger partial charge >= 0.3 is 0 Å². The van der Waals surface area contributed by atoms with Crippen molar-refractivity contribution < 1.29 is 9.59 Å². The van der Waals surface area contributed by atoms with Crippen LogP contribution in [0.25, 0.3) is 30.9 Å². The van der Waals surface area contributed by atoms with Crippen molar-refractivity contribution in [1.82, 2.24) is 5.32 Å². The highest BCUT2D eigenvalue weighted by atomic mass is 32.1. The van der Waals surface area contributed by atoms with E-state index in [1.807, 2.05) is 30.3 Å². The number of hydrogen-bond acceptors (Lipinski definition) is 3. The molecule has 4 aromatic rings. The van der Waals surface area contributed by atoms with E-state index in [2.05, 4.69) is 17.4 Å². The number of thiophene rings is 1. The maximum atomic E-state index is 12.3. The Morgan fingerprint density at radius 3 is 2.45 bits per heavy atom. The van der Waals surface area contributed by atoms with Gasteiger partial charge < -0.3 is 0 Å². The molecular formula is C18H9NO2S. The number of imide groups is 1. The zero-order valence-electron chi connectivity index (χ0n) is 11.3. The summed E-state index contributed by atoms with van der Waals surface area (Å²) < 4.78 is 2.32. The van der Waals surface area contributed by atoms with Crippen LogP contribution in [0, 0.1) is 0 Å². The number of rotatable bonds is 0. The van der Waals surface area contributed by atoms with Crippen LogP contribution in [-0.2, 0) is 0 Å². The number of fused-ring (bicyclic) bond motifs is 4. The zero-order valence-corrected chi connectivity index (χ0v) is 12.2. The molecule has 0 bridgehead atoms. The summed E-state index contributed by atoms with van der Waals surface area (Å²) in [4.78, 5) is 24.3. The summed E-state index contributed by atoms with van der Waals surface area (Å²) in [6, 6.07) is 15.7. The lowest BCUT2D eigenvalue weighted by Gasteiger charge is -2.17. The van der Waals surface area contributed by atoms with Gasteiger partial charge in [0.05, 0.1) is 0 Å². The van der Waals surface area contributed by atoms with Crippen molar-refractivity contribution >= 4 is 54.1 Å². The molecule has 104 valence electrons. The largest absolute Gasteiger partial charge is 0.288 e. The molecule has 2 heterocycles. The minimum Gasteiger partial charge on any atom is -0.288 e. The third kappa shape index (κ3) is 1.35. The number of amides is 2. The van der Waals surface area contributed by atoms with Crippen LogP contribution in [0.5, 0.6) is 0 Å². The van der Waals surface area contributed by atoms with E-state index in [1.165, 1.54) is 4.70 Å². The standard InChI is InChI=1S/C18H9NO2S/c20-17-11-6-3-5-10-15(11)13(18(21)19-17)8-12-9-4-1-2-7-14(9)22-16(10)12/h1-8H,(H,19,20,21). The highest BCUT2D eigenvalue weighted by Gasteiger charge is 2.26. The Balaban J connectivity index is 2.12. The number of hydrogen-bond donors (Lipinski definition) is 1. The van der Waals surface area contributed by atoms with Gasteiger partial charge in [-0.15, -0.1) is 11.3 Å². The molecule has 0 aliphatic carbocycles. The SMILES string of the molecule is O=C1NC(=O)c2cc3c4ccccc4sc3c3cccc1c23. The fourth-order valence-electron chi connectivity index (χ4n) is 3.26. The second-order valence-electron chi connectivity index (χ2n) is 5.41. The van der Waals surface area contributed by atoms with Crippen molar-refractivity contribution in [2.75, 3.05) is 0 Å². The smallest absolute Gasteiger partial charge is 0.258 e. The van der Waals surface area contributed by atoms with E-state index in [4.69, 9.17) is 0 Å². The van der Waals surface area contributed by atoms with Crippen molar-refractivity contribution in [3.05, 3.63) is 59.7 Å². The molecule has 0 atom stereocenters. The van der Waals surface area contributed by atoms with E-state index < -0.39 is 0 Å².